The minimum atomic E-state index is 0.612. The standard InChI is InChI=1S/C19H24ClN7/c1-13-10-17(25-24-13)21-16-12-18(27(4)9-8-26(2)3)23-19(22-16)14-6-5-7-15(20)11-14/h5-7,10-12H,8-9H2,1-4H3,(H2,21,22,23,24,25). The van der Waals surface area contributed by atoms with Crippen LogP contribution in [0, 0.1) is 6.92 Å². The molecule has 0 atom stereocenters. The first-order chi connectivity index (χ1) is 12.9. The summed E-state index contributed by atoms with van der Waals surface area (Å²) in [7, 11) is 6.13. The van der Waals surface area contributed by atoms with Crippen LogP contribution in [0.15, 0.2) is 36.4 Å². The van der Waals surface area contributed by atoms with Crippen LogP contribution in [0.3, 0.4) is 0 Å². The molecule has 0 aliphatic rings. The molecule has 0 unspecified atom stereocenters. The molecule has 0 radical (unpaired) electrons. The molecular formula is C19H24ClN7. The highest BCUT2D eigenvalue weighted by atomic mass is 35.5. The van der Waals surface area contributed by atoms with Gasteiger partial charge in [-0.25, -0.2) is 9.97 Å². The minimum Gasteiger partial charge on any atom is -0.358 e. The van der Waals surface area contributed by atoms with E-state index >= 15 is 0 Å². The van der Waals surface area contributed by atoms with Gasteiger partial charge < -0.3 is 15.1 Å². The summed E-state index contributed by atoms with van der Waals surface area (Å²) in [5.41, 5.74) is 1.84. The predicted octanol–water partition coefficient (Wildman–Crippen LogP) is 3.57. The monoisotopic (exact) mass is 385 g/mol. The number of benzene rings is 1. The zero-order chi connectivity index (χ0) is 19.4. The first-order valence-electron chi connectivity index (χ1n) is 8.70. The van der Waals surface area contributed by atoms with Gasteiger partial charge in [0.1, 0.15) is 11.6 Å². The second kappa shape index (κ2) is 8.37. The van der Waals surface area contributed by atoms with Crippen LogP contribution in [0.1, 0.15) is 5.69 Å². The Bertz CT molecular complexity index is 907. The van der Waals surface area contributed by atoms with Crippen molar-refractivity contribution in [3.8, 4) is 11.4 Å². The average Bonchev–Trinajstić information content (AvgIpc) is 3.04. The Kier molecular flexibility index (Phi) is 5.93. The second-order valence-corrected chi connectivity index (χ2v) is 7.17. The van der Waals surface area contributed by atoms with E-state index in [1.54, 1.807) is 0 Å². The van der Waals surface area contributed by atoms with Gasteiger partial charge in [0.25, 0.3) is 0 Å². The van der Waals surface area contributed by atoms with Crippen molar-refractivity contribution in [3.05, 3.63) is 47.1 Å². The molecule has 27 heavy (non-hydrogen) atoms. The van der Waals surface area contributed by atoms with E-state index in [1.165, 1.54) is 0 Å². The summed E-state index contributed by atoms with van der Waals surface area (Å²) < 4.78 is 0. The number of H-pyrrole nitrogens is 1. The second-order valence-electron chi connectivity index (χ2n) is 6.73. The van der Waals surface area contributed by atoms with Crippen molar-refractivity contribution in [2.45, 2.75) is 6.92 Å². The van der Waals surface area contributed by atoms with Crippen LogP contribution in [0.5, 0.6) is 0 Å². The van der Waals surface area contributed by atoms with Crippen LogP contribution in [-0.4, -0.2) is 59.3 Å². The number of hydrogen-bond donors (Lipinski definition) is 2. The molecule has 3 rings (SSSR count). The zero-order valence-corrected chi connectivity index (χ0v) is 16.7. The van der Waals surface area contributed by atoms with Gasteiger partial charge in [-0.3, -0.25) is 5.10 Å². The molecule has 3 aromatic rings. The van der Waals surface area contributed by atoms with Crippen molar-refractivity contribution in [2.75, 3.05) is 44.4 Å². The molecule has 0 aliphatic carbocycles. The van der Waals surface area contributed by atoms with Crippen LogP contribution in [0.2, 0.25) is 5.02 Å². The average molecular weight is 386 g/mol. The molecule has 2 N–H and O–H groups in total. The van der Waals surface area contributed by atoms with Gasteiger partial charge >= 0.3 is 0 Å². The summed E-state index contributed by atoms with van der Waals surface area (Å²) >= 11 is 6.15. The van der Waals surface area contributed by atoms with E-state index in [9.17, 15) is 0 Å². The van der Waals surface area contributed by atoms with Gasteiger partial charge in [0.2, 0.25) is 0 Å². The van der Waals surface area contributed by atoms with Crippen molar-refractivity contribution >= 4 is 29.1 Å². The Balaban J connectivity index is 1.96. The van der Waals surface area contributed by atoms with Crippen LogP contribution in [-0.2, 0) is 0 Å². The lowest BCUT2D eigenvalue weighted by Gasteiger charge is -2.21. The third-order valence-electron chi connectivity index (χ3n) is 4.03. The summed E-state index contributed by atoms with van der Waals surface area (Å²) in [6.07, 6.45) is 0. The van der Waals surface area contributed by atoms with Gasteiger partial charge in [-0.05, 0) is 33.2 Å². The van der Waals surface area contributed by atoms with Crippen LogP contribution >= 0.6 is 11.6 Å². The molecule has 0 fully saturated rings. The normalized spacial score (nSPS) is 11.0. The first-order valence-corrected chi connectivity index (χ1v) is 9.08. The van der Waals surface area contributed by atoms with Gasteiger partial charge in [-0.1, -0.05) is 23.7 Å². The fraction of sp³-hybridized carbons (Fsp3) is 0.316. The number of aromatic nitrogens is 4. The molecule has 0 bridgehead atoms. The van der Waals surface area contributed by atoms with Crippen LogP contribution in [0.4, 0.5) is 17.5 Å². The fourth-order valence-electron chi connectivity index (χ4n) is 2.53. The van der Waals surface area contributed by atoms with Gasteiger partial charge in [0.05, 0.1) is 0 Å². The number of aryl methyl sites for hydroxylation is 1. The Morgan fingerprint density at radius 2 is 1.85 bits per heavy atom. The zero-order valence-electron chi connectivity index (χ0n) is 16.0. The molecule has 7 nitrogen and oxygen atoms in total. The topological polar surface area (TPSA) is 73.0 Å². The summed E-state index contributed by atoms with van der Waals surface area (Å²) in [5, 5.41) is 11.0. The lowest BCUT2D eigenvalue weighted by Crippen LogP contribution is -2.29. The molecule has 0 spiro atoms. The van der Waals surface area contributed by atoms with Crippen molar-refractivity contribution in [1.82, 2.24) is 25.1 Å². The number of anilines is 3. The summed E-state index contributed by atoms with van der Waals surface area (Å²) in [5.74, 6) is 2.83. The van der Waals surface area contributed by atoms with Crippen molar-refractivity contribution in [1.29, 1.82) is 0 Å². The maximum Gasteiger partial charge on any atom is 0.163 e. The number of nitrogens with one attached hydrogen (secondary N) is 2. The van der Waals surface area contributed by atoms with E-state index in [2.05, 4.69) is 44.4 Å². The molecule has 0 amide bonds. The SMILES string of the molecule is Cc1cc(Nc2cc(N(C)CCN(C)C)nc(-c3cccc(Cl)c3)n2)n[nH]1. The van der Waals surface area contributed by atoms with Gasteiger partial charge in [-0.2, -0.15) is 5.10 Å². The largest absolute Gasteiger partial charge is 0.358 e. The highest BCUT2D eigenvalue weighted by molar-refractivity contribution is 6.30. The number of hydrogen-bond acceptors (Lipinski definition) is 6. The number of aromatic amines is 1. The maximum absolute atomic E-state index is 6.15. The highest BCUT2D eigenvalue weighted by Crippen LogP contribution is 2.25. The quantitative estimate of drug-likeness (QED) is 0.647. The smallest absolute Gasteiger partial charge is 0.163 e. The van der Waals surface area contributed by atoms with Gasteiger partial charge in [0, 0.05) is 48.5 Å². The van der Waals surface area contributed by atoms with E-state index in [0.29, 0.717) is 22.5 Å². The van der Waals surface area contributed by atoms with Crippen molar-refractivity contribution in [2.24, 2.45) is 0 Å². The molecule has 2 heterocycles. The molecule has 8 heteroatoms. The molecule has 2 aromatic heterocycles. The highest BCUT2D eigenvalue weighted by Gasteiger charge is 2.12. The summed E-state index contributed by atoms with van der Waals surface area (Å²) in [6.45, 7) is 3.73. The number of rotatable bonds is 7. The van der Waals surface area contributed by atoms with Crippen LogP contribution < -0.4 is 10.2 Å². The molecule has 142 valence electrons. The summed E-state index contributed by atoms with van der Waals surface area (Å²) in [6, 6.07) is 11.4. The van der Waals surface area contributed by atoms with E-state index in [0.717, 1.165) is 30.2 Å². The molecule has 0 aliphatic heterocycles. The van der Waals surface area contributed by atoms with E-state index in [4.69, 9.17) is 16.6 Å². The Labute approximate surface area is 164 Å². The van der Waals surface area contributed by atoms with Crippen LogP contribution in [0.25, 0.3) is 11.4 Å². The Morgan fingerprint density at radius 1 is 1.04 bits per heavy atom. The van der Waals surface area contributed by atoms with Crippen molar-refractivity contribution in [3.63, 3.8) is 0 Å². The Hall–Kier alpha value is -2.64. The molecule has 0 saturated carbocycles. The molecular weight excluding hydrogens is 362 g/mol. The molecule has 1 aromatic carbocycles. The van der Waals surface area contributed by atoms with E-state index in [1.807, 2.05) is 50.4 Å². The van der Waals surface area contributed by atoms with Gasteiger partial charge in [0.15, 0.2) is 11.6 Å². The lowest BCUT2D eigenvalue weighted by molar-refractivity contribution is 0.416. The summed E-state index contributed by atoms with van der Waals surface area (Å²) in [4.78, 5) is 13.6. The third-order valence-corrected chi connectivity index (χ3v) is 4.27. The molecule has 0 saturated heterocycles. The van der Waals surface area contributed by atoms with Crippen molar-refractivity contribution < 1.29 is 0 Å². The lowest BCUT2D eigenvalue weighted by atomic mass is 10.2. The van der Waals surface area contributed by atoms with E-state index in [-0.39, 0.29) is 0 Å². The van der Waals surface area contributed by atoms with Gasteiger partial charge in [-0.15, -0.1) is 0 Å². The number of nitrogens with zero attached hydrogens (tertiary/aromatic N) is 5. The minimum absolute atomic E-state index is 0.612. The number of likely N-dealkylation sites (N-methyl/N-ethyl adjacent to an activating group) is 2. The first kappa shape index (κ1) is 19.1. The maximum atomic E-state index is 6.15. The van der Waals surface area contributed by atoms with E-state index < -0.39 is 0 Å². The Morgan fingerprint density at radius 3 is 2.52 bits per heavy atom. The fourth-order valence-corrected chi connectivity index (χ4v) is 2.72. The number of halogens is 1. The third kappa shape index (κ3) is 5.18. The predicted molar refractivity (Wildman–Crippen MR) is 111 cm³/mol.